The van der Waals surface area contributed by atoms with E-state index in [2.05, 4.69) is 4.74 Å². The minimum atomic E-state index is -2.22. The standard InChI is InChI=1S/C55H58O30/c1-75-33-12-23(4-9-28(33)58)6-11-40(64)76-19-35-43(67)47(71)50(74)54(83-35)85-52-48(72)45(69)37(20-77-39(63)10-5-22-2-7-25(56)8-3-22)84-55(52)81-34-17-27-31(79-51(34)24-13-29(59)42(66)30(60)14-24)15-26(57)16-32(27)80-53-49(73)46(70)44(68)36(82-53)21-78-41(65)18-38(61)62/h2-17,31,35-37,43-50,52-60,66-74H,18-21H2,1H3,(H,61,62)/p+1/b10-5+,11-6+/t31?,35-,36-,37-,43-,44-,45-,46+,47+,48+,49-,50-,52-,53-,54+,55-/m1/s1. The highest BCUT2D eigenvalue weighted by Crippen LogP contribution is 2.43. The van der Waals surface area contributed by atoms with Crippen LogP contribution in [0.2, 0.25) is 0 Å². The molecule has 0 bridgehead atoms. The molecule has 3 aromatic rings. The number of esters is 3. The lowest BCUT2D eigenvalue weighted by Crippen LogP contribution is -2.64. The summed E-state index contributed by atoms with van der Waals surface area (Å²) in [6.07, 6.45) is -24.8. The van der Waals surface area contributed by atoms with Gasteiger partial charge >= 0.3 is 29.6 Å². The van der Waals surface area contributed by atoms with Gasteiger partial charge in [0.2, 0.25) is 24.4 Å². The molecule has 8 rings (SSSR count). The number of carboxylic acids is 1. The second kappa shape index (κ2) is 27.0. The summed E-state index contributed by atoms with van der Waals surface area (Å²) in [5.74, 6) is -9.60. The summed E-state index contributed by atoms with van der Waals surface area (Å²) in [7, 11) is 1.31. The molecule has 0 amide bonds. The Labute approximate surface area is 479 Å². The van der Waals surface area contributed by atoms with E-state index in [4.69, 9.17) is 52.5 Å². The van der Waals surface area contributed by atoms with Gasteiger partial charge in [0, 0.05) is 36.4 Å². The van der Waals surface area contributed by atoms with Crippen LogP contribution in [-0.4, -0.2) is 230 Å². The minimum absolute atomic E-state index is 0.0521. The van der Waals surface area contributed by atoms with Gasteiger partial charge in [0.15, 0.2) is 41.1 Å². The van der Waals surface area contributed by atoms with Crippen LogP contribution in [0.5, 0.6) is 34.5 Å². The lowest BCUT2D eigenvalue weighted by Gasteiger charge is -2.46. The second-order valence-electron chi connectivity index (χ2n) is 19.4. The molecule has 0 spiro atoms. The van der Waals surface area contributed by atoms with Crippen molar-refractivity contribution >= 4 is 41.8 Å². The summed E-state index contributed by atoms with van der Waals surface area (Å²) in [6, 6.07) is 11.7. The molecule has 0 saturated carbocycles. The van der Waals surface area contributed by atoms with E-state index in [1.165, 1.54) is 61.7 Å². The van der Waals surface area contributed by atoms with E-state index in [1.54, 1.807) is 0 Å². The topological polar surface area (TPSA) is 477 Å². The van der Waals surface area contributed by atoms with Crippen molar-refractivity contribution in [3.05, 3.63) is 125 Å². The highest BCUT2D eigenvalue weighted by Gasteiger charge is 2.53. The molecule has 4 aliphatic heterocycles. The number of phenols is 5. The molecule has 1 unspecified atom stereocenters. The van der Waals surface area contributed by atoms with Gasteiger partial charge in [-0.3, -0.25) is 9.59 Å². The molecule has 1 aliphatic carbocycles. The number of carbonyl (C=O) groups is 4. The number of ether oxygens (including phenoxy) is 11. The molecule has 3 fully saturated rings. The van der Waals surface area contributed by atoms with E-state index in [-0.39, 0.29) is 34.1 Å². The number of aromatic hydroxyl groups is 5. The predicted molar refractivity (Wildman–Crippen MR) is 278 cm³/mol. The normalized spacial score (nSPS) is 30.2. The molecule has 3 aromatic carbocycles. The maximum atomic E-state index is 13.0. The van der Waals surface area contributed by atoms with Crippen LogP contribution in [0.1, 0.15) is 23.1 Å². The fourth-order valence-corrected chi connectivity index (χ4v) is 8.98. The Kier molecular flexibility index (Phi) is 19.9. The van der Waals surface area contributed by atoms with Crippen LogP contribution in [0.4, 0.5) is 0 Å². The Morgan fingerprint density at radius 2 is 1.13 bits per heavy atom. The second-order valence-corrected chi connectivity index (χ2v) is 19.4. The number of methoxy groups -OCH3 is 1. The molecule has 3 saturated heterocycles. The fraction of sp³-hybridized carbons (Fsp3) is 0.382. The van der Waals surface area contributed by atoms with Crippen LogP contribution in [0, 0.1) is 0 Å². The molecule has 5 aliphatic rings. The van der Waals surface area contributed by atoms with Crippen molar-refractivity contribution in [2.45, 2.75) is 105 Å². The van der Waals surface area contributed by atoms with Gasteiger partial charge in [-0.2, -0.15) is 0 Å². The van der Waals surface area contributed by atoms with Crippen molar-refractivity contribution in [1.82, 2.24) is 0 Å². The first-order chi connectivity index (χ1) is 40.4. The van der Waals surface area contributed by atoms with Gasteiger partial charge in [0.1, 0.15) is 111 Å². The van der Waals surface area contributed by atoms with E-state index in [9.17, 15) is 90.7 Å². The molecule has 0 radical (unpaired) electrons. The Morgan fingerprint density at radius 1 is 0.588 bits per heavy atom. The first-order valence-corrected chi connectivity index (χ1v) is 25.6. The van der Waals surface area contributed by atoms with Gasteiger partial charge in [0.05, 0.1) is 24.3 Å². The summed E-state index contributed by atoms with van der Waals surface area (Å²) in [5, 5.41) is 161. The number of aliphatic hydroxyl groups excluding tert-OH is 9. The van der Waals surface area contributed by atoms with Crippen LogP contribution < -0.4 is 4.74 Å². The van der Waals surface area contributed by atoms with Crippen molar-refractivity contribution in [2.75, 3.05) is 26.9 Å². The first-order valence-electron chi connectivity index (χ1n) is 25.6. The van der Waals surface area contributed by atoms with Gasteiger partial charge in [-0.15, -0.1) is 0 Å². The lowest BCUT2D eigenvalue weighted by molar-refractivity contribution is -0.363. The van der Waals surface area contributed by atoms with Crippen molar-refractivity contribution < 1.29 is 148 Å². The highest BCUT2D eigenvalue weighted by molar-refractivity contribution is 5.90. The van der Waals surface area contributed by atoms with Gasteiger partial charge in [-0.05, 0) is 47.5 Å². The van der Waals surface area contributed by atoms with Gasteiger partial charge < -0.3 is 129 Å². The molecular formula is C55H59O30+. The van der Waals surface area contributed by atoms with Crippen LogP contribution >= 0.6 is 0 Å². The molecule has 458 valence electrons. The van der Waals surface area contributed by atoms with E-state index in [1.807, 2.05) is 0 Å². The molecule has 4 heterocycles. The van der Waals surface area contributed by atoms with Crippen LogP contribution in [0.25, 0.3) is 17.9 Å². The third-order valence-electron chi connectivity index (χ3n) is 13.5. The number of hydrogen-bond acceptors (Lipinski definition) is 28. The summed E-state index contributed by atoms with van der Waals surface area (Å²) in [5.41, 5.74) is 0.488. The minimum Gasteiger partial charge on any atom is -0.571 e. The largest absolute Gasteiger partial charge is 0.571 e. The Hall–Kier alpha value is -8.50. The third-order valence-corrected chi connectivity index (χ3v) is 13.5. The average molecular weight is 1200 g/mol. The Balaban J connectivity index is 1.11. The molecule has 85 heavy (non-hydrogen) atoms. The zero-order valence-corrected chi connectivity index (χ0v) is 44.2. The van der Waals surface area contributed by atoms with Crippen LogP contribution in [0.15, 0.2) is 108 Å². The summed E-state index contributed by atoms with van der Waals surface area (Å²) in [6.45, 7) is -2.50. The number of carbonyl (C=O) groups excluding carboxylic acids is 3. The van der Waals surface area contributed by atoms with Crippen molar-refractivity contribution in [2.24, 2.45) is 0 Å². The lowest BCUT2D eigenvalue weighted by atomic mass is 9.95. The molecular weight excluding hydrogens is 1140 g/mol. The number of rotatable bonds is 20. The van der Waals surface area contributed by atoms with Crippen molar-refractivity contribution in [3.8, 4) is 34.5 Å². The number of aliphatic carboxylic acids is 1. The van der Waals surface area contributed by atoms with Crippen LogP contribution in [-0.2, 0) is 61.8 Å². The summed E-state index contributed by atoms with van der Waals surface area (Å²) in [4.78, 5) is 48.9. The smallest absolute Gasteiger partial charge is 0.330 e. The molecule has 16 atom stereocenters. The summed E-state index contributed by atoms with van der Waals surface area (Å²) >= 11 is 0. The SMILES string of the molecule is COc1cc(/C=C/C(=O)OC[C@H]2O[C@@H](O[C@H]3[C@H](OC4=C(c5cc(O)c(O)c(O)c5)[OH+]C5C=C(O)C=C(O[C@@H]6O[C@H](COC(=O)CC(=O)O)[C@@H](O)[C@H](O)[C@H]6O)C5=C4)O[C@H](COC(=O)/C=C/c4ccc(O)cc4)[C@@H](O)[C@@H]3O)[C@H](O)[C@@H](O)[C@@H]2O)ccc1O. The van der Waals surface area contributed by atoms with E-state index < -0.39 is 183 Å². The van der Waals surface area contributed by atoms with Crippen molar-refractivity contribution in [3.63, 3.8) is 0 Å². The number of hydrogen-bond donors (Lipinski definition) is 15. The number of allylic oxidation sites excluding steroid dienone is 2. The Morgan fingerprint density at radius 3 is 1.73 bits per heavy atom. The molecule has 0 aromatic heterocycles. The van der Waals surface area contributed by atoms with Gasteiger partial charge in [0.25, 0.3) is 0 Å². The fourth-order valence-electron chi connectivity index (χ4n) is 8.98. The van der Waals surface area contributed by atoms with Crippen LogP contribution in [0.3, 0.4) is 0 Å². The number of fused-ring (bicyclic) bond motifs is 1. The number of benzene rings is 3. The molecule has 30 heteroatoms. The van der Waals surface area contributed by atoms with E-state index in [0.717, 1.165) is 42.5 Å². The van der Waals surface area contributed by atoms with Gasteiger partial charge in [-0.1, -0.05) is 18.2 Å². The maximum Gasteiger partial charge on any atom is 0.330 e. The number of phenolic OH excluding ortho intramolecular Hbond substituents is 5. The molecule has 30 nitrogen and oxygen atoms in total. The third kappa shape index (κ3) is 14.9. The number of carboxylic acid groups (broad SMARTS) is 1. The maximum absolute atomic E-state index is 13.0. The molecule has 16 N–H and O–H groups in total. The quantitative estimate of drug-likeness (QED) is 0.0146. The first kappa shape index (κ1) is 62.5. The monoisotopic (exact) mass is 1200 g/mol. The predicted octanol–water partition coefficient (Wildman–Crippen LogP) is -1.92. The highest BCUT2D eigenvalue weighted by atomic mass is 16.8. The average Bonchev–Trinajstić information content (AvgIpc) is 2.25. The zero-order valence-electron chi connectivity index (χ0n) is 44.2. The van der Waals surface area contributed by atoms with Gasteiger partial charge in [-0.25, -0.2) is 9.59 Å². The Bertz CT molecular complexity index is 3110. The van der Waals surface area contributed by atoms with E-state index in [0.29, 0.717) is 11.1 Å². The van der Waals surface area contributed by atoms with E-state index >= 15 is 0 Å². The number of aliphatic hydroxyl groups is 11. The van der Waals surface area contributed by atoms with Crippen molar-refractivity contribution in [1.29, 1.82) is 0 Å². The summed E-state index contributed by atoms with van der Waals surface area (Å²) < 4.78 is 61.2. The zero-order chi connectivity index (χ0) is 61.6.